The van der Waals surface area contributed by atoms with Crippen LogP contribution in [0, 0.1) is 6.92 Å². The number of hydrogen-bond donors (Lipinski definition) is 2. The van der Waals surface area contributed by atoms with Gasteiger partial charge >= 0.3 is 0 Å². The van der Waals surface area contributed by atoms with Crippen LogP contribution in [-0.4, -0.2) is 26.9 Å². The molecule has 0 saturated heterocycles. The van der Waals surface area contributed by atoms with Crippen LogP contribution in [-0.2, 0) is 6.54 Å². The SMILES string of the molecule is Cc1cc(NC(=O)c2ccnc(C(=O)NCc3ccccn3)c2)no1. The maximum absolute atomic E-state index is 12.2. The van der Waals surface area contributed by atoms with E-state index in [0.29, 0.717) is 17.1 Å². The number of amides is 2. The second-order valence-electron chi connectivity index (χ2n) is 5.21. The van der Waals surface area contributed by atoms with Gasteiger partial charge in [-0.25, -0.2) is 0 Å². The highest BCUT2D eigenvalue weighted by molar-refractivity contribution is 6.05. The summed E-state index contributed by atoms with van der Waals surface area (Å²) in [5.74, 6) is 0.0899. The molecule has 0 fully saturated rings. The molecule has 3 rings (SSSR count). The lowest BCUT2D eigenvalue weighted by atomic mass is 10.2. The molecule has 0 unspecified atom stereocenters. The number of carbonyl (C=O) groups excluding carboxylic acids is 2. The zero-order valence-electron chi connectivity index (χ0n) is 13.4. The quantitative estimate of drug-likeness (QED) is 0.736. The number of pyridine rings is 2. The Morgan fingerprint density at radius 1 is 1.08 bits per heavy atom. The highest BCUT2D eigenvalue weighted by atomic mass is 16.5. The first-order valence-corrected chi connectivity index (χ1v) is 7.50. The summed E-state index contributed by atoms with van der Waals surface area (Å²) < 4.78 is 4.89. The Bertz CT molecular complexity index is 892. The lowest BCUT2D eigenvalue weighted by molar-refractivity contribution is 0.0945. The van der Waals surface area contributed by atoms with Crippen molar-refractivity contribution in [1.29, 1.82) is 0 Å². The number of hydrogen-bond acceptors (Lipinski definition) is 6. The van der Waals surface area contributed by atoms with E-state index in [1.807, 2.05) is 6.07 Å². The molecular weight excluding hydrogens is 322 g/mol. The molecule has 126 valence electrons. The third kappa shape index (κ3) is 4.25. The van der Waals surface area contributed by atoms with Crippen molar-refractivity contribution in [3.05, 3.63) is 71.5 Å². The minimum atomic E-state index is -0.408. The number of anilines is 1. The molecule has 0 saturated carbocycles. The van der Waals surface area contributed by atoms with Crippen molar-refractivity contribution in [3.63, 3.8) is 0 Å². The zero-order chi connectivity index (χ0) is 17.6. The third-order valence-electron chi connectivity index (χ3n) is 3.28. The molecule has 0 atom stereocenters. The fourth-order valence-electron chi connectivity index (χ4n) is 2.07. The van der Waals surface area contributed by atoms with Crippen LogP contribution in [0.4, 0.5) is 5.82 Å². The first-order valence-electron chi connectivity index (χ1n) is 7.50. The molecule has 0 aliphatic heterocycles. The van der Waals surface area contributed by atoms with Gasteiger partial charge in [-0.3, -0.25) is 19.6 Å². The predicted molar refractivity (Wildman–Crippen MR) is 88.8 cm³/mol. The van der Waals surface area contributed by atoms with Crippen molar-refractivity contribution in [3.8, 4) is 0 Å². The molecule has 0 aliphatic carbocycles. The van der Waals surface area contributed by atoms with Gasteiger partial charge in [0.05, 0.1) is 12.2 Å². The van der Waals surface area contributed by atoms with E-state index in [1.54, 1.807) is 31.3 Å². The minimum Gasteiger partial charge on any atom is -0.360 e. The largest absolute Gasteiger partial charge is 0.360 e. The molecule has 2 N–H and O–H groups in total. The maximum Gasteiger partial charge on any atom is 0.270 e. The maximum atomic E-state index is 12.2. The summed E-state index contributed by atoms with van der Waals surface area (Å²) in [6, 6.07) is 9.96. The summed E-state index contributed by atoms with van der Waals surface area (Å²) in [5, 5.41) is 8.99. The van der Waals surface area contributed by atoms with E-state index in [2.05, 4.69) is 25.8 Å². The summed E-state index contributed by atoms with van der Waals surface area (Å²) in [7, 11) is 0. The summed E-state index contributed by atoms with van der Waals surface area (Å²) in [4.78, 5) is 32.5. The first-order chi connectivity index (χ1) is 12.1. The molecule has 0 spiro atoms. The molecule has 0 radical (unpaired) electrons. The van der Waals surface area contributed by atoms with Crippen LogP contribution in [0.5, 0.6) is 0 Å². The van der Waals surface area contributed by atoms with Crippen molar-refractivity contribution in [2.24, 2.45) is 0 Å². The molecule has 0 bridgehead atoms. The van der Waals surface area contributed by atoms with Gasteiger partial charge in [-0.05, 0) is 31.2 Å². The average molecular weight is 337 g/mol. The Kier molecular flexibility index (Phi) is 4.79. The molecule has 8 heteroatoms. The summed E-state index contributed by atoms with van der Waals surface area (Å²) in [6.45, 7) is 2.00. The van der Waals surface area contributed by atoms with E-state index in [4.69, 9.17) is 4.52 Å². The van der Waals surface area contributed by atoms with Gasteiger partial charge in [0.1, 0.15) is 11.5 Å². The van der Waals surface area contributed by atoms with Gasteiger partial charge in [0.15, 0.2) is 5.82 Å². The van der Waals surface area contributed by atoms with Gasteiger partial charge in [-0.15, -0.1) is 0 Å². The van der Waals surface area contributed by atoms with E-state index in [-0.39, 0.29) is 12.2 Å². The Labute approximate surface area is 143 Å². The lowest BCUT2D eigenvalue weighted by Gasteiger charge is -2.06. The topological polar surface area (TPSA) is 110 Å². The van der Waals surface area contributed by atoms with Crippen LogP contribution in [0.15, 0.2) is 53.3 Å². The zero-order valence-corrected chi connectivity index (χ0v) is 13.4. The number of nitrogens with zero attached hydrogens (tertiary/aromatic N) is 3. The van der Waals surface area contributed by atoms with Crippen LogP contribution < -0.4 is 10.6 Å². The Balaban J connectivity index is 1.66. The van der Waals surface area contributed by atoms with Crippen LogP contribution in [0.25, 0.3) is 0 Å². The summed E-state index contributed by atoms with van der Waals surface area (Å²) in [6.07, 6.45) is 3.05. The Morgan fingerprint density at radius 2 is 1.96 bits per heavy atom. The number of rotatable bonds is 5. The van der Waals surface area contributed by atoms with E-state index < -0.39 is 11.8 Å². The molecule has 3 heterocycles. The molecule has 3 aromatic heterocycles. The van der Waals surface area contributed by atoms with Gasteiger partial charge in [-0.2, -0.15) is 0 Å². The van der Waals surface area contributed by atoms with Gasteiger partial charge in [0.25, 0.3) is 11.8 Å². The molecule has 3 aromatic rings. The van der Waals surface area contributed by atoms with Crippen LogP contribution in [0.1, 0.15) is 32.3 Å². The van der Waals surface area contributed by atoms with Crippen molar-refractivity contribution in [2.75, 3.05) is 5.32 Å². The van der Waals surface area contributed by atoms with Gasteiger partial charge in [0, 0.05) is 24.0 Å². The summed E-state index contributed by atoms with van der Waals surface area (Å²) in [5.41, 5.74) is 1.16. The van der Waals surface area contributed by atoms with Crippen LogP contribution in [0.2, 0.25) is 0 Å². The monoisotopic (exact) mass is 337 g/mol. The molecule has 0 aromatic carbocycles. The Morgan fingerprint density at radius 3 is 2.68 bits per heavy atom. The summed E-state index contributed by atoms with van der Waals surface area (Å²) >= 11 is 0. The fourth-order valence-corrected chi connectivity index (χ4v) is 2.07. The molecule has 0 aliphatic rings. The van der Waals surface area contributed by atoms with Gasteiger partial charge in [-0.1, -0.05) is 11.2 Å². The van der Waals surface area contributed by atoms with Crippen molar-refractivity contribution >= 4 is 17.6 Å². The second kappa shape index (κ2) is 7.35. The minimum absolute atomic E-state index is 0.139. The first kappa shape index (κ1) is 16.3. The van der Waals surface area contributed by atoms with Crippen LogP contribution >= 0.6 is 0 Å². The standard InChI is InChI=1S/C17H15N5O3/c1-11-8-15(22-25-11)21-16(23)12-5-7-19-14(9-12)17(24)20-10-13-4-2-3-6-18-13/h2-9H,10H2,1H3,(H,20,24)(H,21,22,23). The average Bonchev–Trinajstić information content (AvgIpc) is 3.05. The Hall–Kier alpha value is -3.55. The highest BCUT2D eigenvalue weighted by Gasteiger charge is 2.13. The fraction of sp³-hybridized carbons (Fsp3) is 0.118. The van der Waals surface area contributed by atoms with Crippen molar-refractivity contribution in [1.82, 2.24) is 20.4 Å². The number of aryl methyl sites for hydroxylation is 1. The predicted octanol–water partition coefficient (Wildman–Crippen LogP) is 1.96. The third-order valence-corrected chi connectivity index (χ3v) is 3.28. The smallest absolute Gasteiger partial charge is 0.270 e. The van der Waals surface area contributed by atoms with E-state index in [0.717, 1.165) is 5.69 Å². The van der Waals surface area contributed by atoms with Gasteiger partial charge < -0.3 is 15.2 Å². The molecule has 2 amide bonds. The van der Waals surface area contributed by atoms with Crippen molar-refractivity contribution in [2.45, 2.75) is 13.5 Å². The normalized spacial score (nSPS) is 10.3. The van der Waals surface area contributed by atoms with Gasteiger partial charge in [0.2, 0.25) is 0 Å². The van der Waals surface area contributed by atoms with Crippen molar-refractivity contribution < 1.29 is 14.1 Å². The van der Waals surface area contributed by atoms with E-state index in [1.165, 1.54) is 18.3 Å². The molecule has 8 nitrogen and oxygen atoms in total. The second-order valence-corrected chi connectivity index (χ2v) is 5.21. The molecular formula is C17H15N5O3. The number of carbonyl (C=O) groups is 2. The molecule has 25 heavy (non-hydrogen) atoms. The lowest BCUT2D eigenvalue weighted by Crippen LogP contribution is -2.25. The van der Waals surface area contributed by atoms with E-state index in [9.17, 15) is 9.59 Å². The number of nitrogens with one attached hydrogen (secondary N) is 2. The van der Waals surface area contributed by atoms with Crippen LogP contribution in [0.3, 0.4) is 0 Å². The van der Waals surface area contributed by atoms with E-state index >= 15 is 0 Å². The number of aromatic nitrogens is 3. The highest BCUT2D eigenvalue weighted by Crippen LogP contribution is 2.10.